The fourth-order valence-corrected chi connectivity index (χ4v) is 8.44. The third-order valence-corrected chi connectivity index (χ3v) is 11.5. The summed E-state index contributed by atoms with van der Waals surface area (Å²) in [6, 6.07) is 17.3. The molecular formula is C40H58ClN7O3. The topological polar surface area (TPSA) is 116 Å². The molecule has 1 unspecified atom stereocenters. The summed E-state index contributed by atoms with van der Waals surface area (Å²) in [4.78, 5) is 40.1. The van der Waals surface area contributed by atoms with Gasteiger partial charge in [-0.2, -0.15) is 0 Å². The monoisotopic (exact) mass is 719 g/mol. The molecular weight excluding hydrogens is 662 g/mol. The van der Waals surface area contributed by atoms with Crippen molar-refractivity contribution in [2.24, 2.45) is 16.6 Å². The third-order valence-electron chi connectivity index (χ3n) is 11.3. The molecule has 4 N–H and O–H groups in total. The lowest BCUT2D eigenvalue weighted by molar-refractivity contribution is -0.145. The van der Waals surface area contributed by atoms with Crippen molar-refractivity contribution in [3.05, 3.63) is 70.7 Å². The second-order valence-corrected chi connectivity index (χ2v) is 15.4. The number of nitrogens with two attached hydrogens (primary N) is 1. The van der Waals surface area contributed by atoms with E-state index in [-0.39, 0.29) is 36.0 Å². The second-order valence-electron chi connectivity index (χ2n) is 15.0. The smallest absolute Gasteiger partial charge is 0.288 e. The van der Waals surface area contributed by atoms with E-state index in [2.05, 4.69) is 34.6 Å². The summed E-state index contributed by atoms with van der Waals surface area (Å²) in [6.07, 6.45) is 10.7. The normalized spacial score (nSPS) is 26.3. The quantitative estimate of drug-likeness (QED) is 0.247. The van der Waals surface area contributed by atoms with Gasteiger partial charge < -0.3 is 35.8 Å². The maximum absolute atomic E-state index is 14.7. The number of likely N-dealkylation sites (tertiary alicyclic amines) is 1. The maximum atomic E-state index is 14.7. The van der Waals surface area contributed by atoms with Gasteiger partial charge in [0, 0.05) is 30.7 Å². The van der Waals surface area contributed by atoms with Crippen molar-refractivity contribution in [3.8, 4) is 0 Å². The van der Waals surface area contributed by atoms with E-state index in [0.717, 1.165) is 69.2 Å². The van der Waals surface area contributed by atoms with E-state index in [1.807, 2.05) is 52.3 Å². The molecule has 6 rings (SSSR count). The highest BCUT2D eigenvalue weighted by molar-refractivity contribution is 6.30. The molecule has 1 saturated carbocycles. The number of nitrogens with one attached hydrogen (secondary N) is 2. The van der Waals surface area contributed by atoms with Crippen molar-refractivity contribution in [2.45, 2.75) is 108 Å². The van der Waals surface area contributed by atoms with Crippen LogP contribution in [-0.4, -0.2) is 103 Å². The predicted molar refractivity (Wildman–Crippen MR) is 203 cm³/mol. The zero-order valence-corrected chi connectivity index (χ0v) is 31.1. The number of hydrogen-bond donors (Lipinski definition) is 3. The summed E-state index contributed by atoms with van der Waals surface area (Å²) in [7, 11) is 0. The van der Waals surface area contributed by atoms with Crippen molar-refractivity contribution >= 4 is 29.4 Å². The second kappa shape index (κ2) is 18.5. The number of hydrogen-bond acceptors (Lipinski definition) is 8. The fraction of sp³-hybridized carbons (Fsp3) is 0.625. The van der Waals surface area contributed by atoms with Crippen molar-refractivity contribution in [1.82, 2.24) is 25.3 Å². The Morgan fingerprint density at radius 3 is 2.51 bits per heavy atom. The van der Waals surface area contributed by atoms with Crippen LogP contribution in [-0.2, 0) is 20.9 Å². The molecule has 51 heavy (non-hydrogen) atoms. The van der Waals surface area contributed by atoms with Gasteiger partial charge >= 0.3 is 0 Å². The summed E-state index contributed by atoms with van der Waals surface area (Å²) >= 11 is 6.25. The van der Waals surface area contributed by atoms with Crippen molar-refractivity contribution < 1.29 is 14.3 Å². The van der Waals surface area contributed by atoms with Gasteiger partial charge in [-0.15, -0.1) is 0 Å². The number of carbonyl (C=O) groups excluding carboxylic acids is 2. The zero-order valence-electron chi connectivity index (χ0n) is 30.4. The van der Waals surface area contributed by atoms with Crippen LogP contribution in [0.4, 0.5) is 0 Å². The number of unbranched alkanes of at least 4 members (excludes halogenated alkanes) is 1. The molecule has 0 radical (unpaired) electrons. The third kappa shape index (κ3) is 10.2. The molecule has 4 atom stereocenters. The summed E-state index contributed by atoms with van der Waals surface area (Å²) in [6.45, 7) is 7.81. The van der Waals surface area contributed by atoms with E-state index in [1.54, 1.807) is 0 Å². The SMILES string of the molecule is C[C@@H]1N=C(N2CCN(C(=O)C(CCCCN3CCCCC3)NC3CCC(CN)CC3)[C@H](C(=O)NCc3cccc(Cl)c3)C2)O[C@H]1c1ccccc1. The maximum Gasteiger partial charge on any atom is 0.288 e. The number of piperazine rings is 1. The Morgan fingerprint density at radius 1 is 0.980 bits per heavy atom. The Bertz CT molecular complexity index is 1450. The first-order chi connectivity index (χ1) is 24.9. The number of ether oxygens (including phenoxy) is 1. The van der Waals surface area contributed by atoms with Gasteiger partial charge in [0.1, 0.15) is 12.1 Å². The minimum Gasteiger partial charge on any atom is -0.455 e. The summed E-state index contributed by atoms with van der Waals surface area (Å²) in [5.74, 6) is 0.389. The van der Waals surface area contributed by atoms with E-state index in [9.17, 15) is 9.59 Å². The minimum absolute atomic E-state index is 0.0151. The van der Waals surface area contributed by atoms with Crippen molar-refractivity contribution in [1.29, 1.82) is 0 Å². The van der Waals surface area contributed by atoms with Gasteiger partial charge in [-0.1, -0.05) is 66.9 Å². The highest BCUT2D eigenvalue weighted by Crippen LogP contribution is 2.31. The molecule has 0 spiro atoms. The molecule has 3 aliphatic heterocycles. The first-order valence-corrected chi connectivity index (χ1v) is 19.8. The fourth-order valence-electron chi connectivity index (χ4n) is 8.22. The van der Waals surface area contributed by atoms with Crippen molar-refractivity contribution in [2.75, 3.05) is 45.8 Å². The van der Waals surface area contributed by atoms with Crippen LogP contribution >= 0.6 is 11.6 Å². The number of nitrogens with zero attached hydrogens (tertiary/aromatic N) is 4. The van der Waals surface area contributed by atoms with Gasteiger partial charge in [0.25, 0.3) is 6.02 Å². The first-order valence-electron chi connectivity index (χ1n) is 19.4. The van der Waals surface area contributed by atoms with Gasteiger partial charge in [0.05, 0.1) is 18.6 Å². The van der Waals surface area contributed by atoms with Crippen LogP contribution in [0.1, 0.15) is 88.4 Å². The van der Waals surface area contributed by atoms with Crippen LogP contribution in [0.5, 0.6) is 0 Å². The lowest BCUT2D eigenvalue weighted by atomic mass is 9.85. The van der Waals surface area contributed by atoms with Crippen LogP contribution in [0.3, 0.4) is 0 Å². The lowest BCUT2D eigenvalue weighted by Crippen LogP contribution is -2.64. The van der Waals surface area contributed by atoms with E-state index in [1.165, 1.54) is 32.4 Å². The molecule has 2 aromatic rings. The molecule has 278 valence electrons. The molecule has 3 heterocycles. The number of benzene rings is 2. The van der Waals surface area contributed by atoms with E-state index in [0.29, 0.717) is 43.1 Å². The Hall–Kier alpha value is -3.18. The number of amidine groups is 1. The highest BCUT2D eigenvalue weighted by atomic mass is 35.5. The molecule has 4 aliphatic rings. The average molecular weight is 720 g/mol. The van der Waals surface area contributed by atoms with Gasteiger partial charge in [0.2, 0.25) is 11.8 Å². The number of halogens is 1. The molecule has 3 fully saturated rings. The van der Waals surface area contributed by atoms with Gasteiger partial charge in [-0.05, 0) is 114 Å². The largest absolute Gasteiger partial charge is 0.455 e. The Balaban J connectivity index is 1.17. The van der Waals surface area contributed by atoms with Crippen LogP contribution in [0, 0.1) is 5.92 Å². The predicted octanol–water partition coefficient (Wildman–Crippen LogP) is 5.12. The zero-order chi connectivity index (χ0) is 35.6. The molecule has 11 heteroatoms. The summed E-state index contributed by atoms with van der Waals surface area (Å²) < 4.78 is 6.45. The Kier molecular flexibility index (Phi) is 13.7. The number of amides is 2. The summed E-state index contributed by atoms with van der Waals surface area (Å²) in [5.41, 5.74) is 7.98. The molecule has 2 amide bonds. The Labute approximate surface area is 309 Å². The molecule has 0 aromatic heterocycles. The van der Waals surface area contributed by atoms with Crippen LogP contribution in [0.15, 0.2) is 59.6 Å². The van der Waals surface area contributed by atoms with Crippen molar-refractivity contribution in [3.63, 3.8) is 0 Å². The molecule has 0 bridgehead atoms. The van der Waals surface area contributed by atoms with Crippen LogP contribution < -0.4 is 16.4 Å². The lowest BCUT2D eigenvalue weighted by Gasteiger charge is -2.42. The van der Waals surface area contributed by atoms with Crippen LogP contribution in [0.25, 0.3) is 0 Å². The van der Waals surface area contributed by atoms with Gasteiger partial charge in [0.15, 0.2) is 0 Å². The Morgan fingerprint density at radius 2 is 1.76 bits per heavy atom. The van der Waals surface area contributed by atoms with E-state index >= 15 is 0 Å². The van der Waals surface area contributed by atoms with Crippen LogP contribution in [0.2, 0.25) is 5.02 Å². The standard InChI is InChI=1S/C40H58ClN7O3/c1-29-37(32-12-4-2-5-13-32)51-40(44-29)47-23-24-48(36(28-47)38(49)43-27-31-11-10-14-33(41)25-31)39(50)35(45-34-18-16-30(26-42)17-19-34)15-6-9-22-46-20-7-3-8-21-46/h2,4-5,10-14,25,29-30,34-37,45H,3,6-9,15-24,26-28,42H2,1H3,(H,43,49)/t29-,30?,34?,35?,36-,37+/m0/s1. The molecule has 1 aliphatic carbocycles. The first kappa shape index (κ1) is 37.6. The molecule has 10 nitrogen and oxygen atoms in total. The summed E-state index contributed by atoms with van der Waals surface area (Å²) in [5, 5.41) is 7.54. The highest BCUT2D eigenvalue weighted by Gasteiger charge is 2.42. The molecule has 2 saturated heterocycles. The number of aliphatic imine (C=N–C) groups is 1. The van der Waals surface area contributed by atoms with Gasteiger partial charge in [-0.3, -0.25) is 9.59 Å². The molecule has 2 aromatic carbocycles. The number of rotatable bonds is 13. The average Bonchev–Trinajstić information content (AvgIpc) is 3.57. The number of carbonyl (C=O) groups is 2. The van der Waals surface area contributed by atoms with E-state index < -0.39 is 6.04 Å². The minimum atomic E-state index is -0.701. The van der Waals surface area contributed by atoms with E-state index in [4.69, 9.17) is 27.1 Å². The van der Waals surface area contributed by atoms with Gasteiger partial charge in [-0.25, -0.2) is 4.99 Å². The number of piperidine rings is 1.